The molecule has 1 aliphatic heterocycles. The van der Waals surface area contributed by atoms with E-state index in [0.29, 0.717) is 42.5 Å². The highest BCUT2D eigenvalue weighted by atomic mass is 16.6. The smallest absolute Gasteiger partial charge is 0.269 e. The molecule has 9 nitrogen and oxygen atoms in total. The molecule has 0 spiro atoms. The third kappa shape index (κ3) is 7.91. The van der Waals surface area contributed by atoms with E-state index >= 15 is 0 Å². The van der Waals surface area contributed by atoms with Crippen LogP contribution in [-0.4, -0.2) is 49.6 Å². The van der Waals surface area contributed by atoms with Gasteiger partial charge < -0.3 is 20.3 Å². The Labute approximate surface area is 211 Å². The first kappa shape index (κ1) is 26.9. The monoisotopic (exact) mass is 494 g/mol. The van der Waals surface area contributed by atoms with Gasteiger partial charge in [0.15, 0.2) is 0 Å². The lowest BCUT2D eigenvalue weighted by Crippen LogP contribution is -2.35. The number of nitrogens with one attached hydrogen (secondary N) is 2. The second-order valence-electron chi connectivity index (χ2n) is 8.88. The Hall–Kier alpha value is -3.72. The number of piperidine rings is 1. The molecule has 0 atom stereocenters. The van der Waals surface area contributed by atoms with E-state index in [1.165, 1.54) is 18.2 Å². The quantitative estimate of drug-likeness (QED) is 0.204. The summed E-state index contributed by atoms with van der Waals surface area (Å²) in [6.45, 7) is 7.68. The minimum atomic E-state index is -0.471. The maximum absolute atomic E-state index is 13.1. The summed E-state index contributed by atoms with van der Waals surface area (Å²) in [6.07, 6.45) is 5.80. The van der Waals surface area contributed by atoms with E-state index in [9.17, 15) is 19.7 Å². The van der Waals surface area contributed by atoms with Gasteiger partial charge in [0.2, 0.25) is 5.91 Å². The van der Waals surface area contributed by atoms with Gasteiger partial charge >= 0.3 is 0 Å². The molecule has 2 N–H and O–H groups in total. The lowest BCUT2D eigenvalue weighted by atomic mass is 9.97. The number of non-ortho nitro benzene ring substituents is 1. The predicted molar refractivity (Wildman–Crippen MR) is 141 cm³/mol. The molecule has 0 bridgehead atoms. The normalized spacial score (nSPS) is 14.1. The first-order valence-electron chi connectivity index (χ1n) is 12.4. The van der Waals surface area contributed by atoms with Crippen molar-refractivity contribution in [1.82, 2.24) is 5.32 Å². The third-order valence-electron chi connectivity index (χ3n) is 6.12. The summed E-state index contributed by atoms with van der Waals surface area (Å²) in [4.78, 5) is 38.1. The Balaban J connectivity index is 1.71. The molecule has 0 aliphatic carbocycles. The maximum atomic E-state index is 13.1. The Bertz CT molecular complexity index is 1080. The van der Waals surface area contributed by atoms with Gasteiger partial charge in [0.25, 0.3) is 11.6 Å². The molecule has 2 aromatic carbocycles. The van der Waals surface area contributed by atoms with Gasteiger partial charge in [-0.15, -0.1) is 0 Å². The molecule has 3 rings (SSSR count). The fourth-order valence-corrected chi connectivity index (χ4v) is 4.00. The molecule has 0 radical (unpaired) electrons. The van der Waals surface area contributed by atoms with Crippen molar-refractivity contribution in [2.45, 2.75) is 33.1 Å². The van der Waals surface area contributed by atoms with Crippen LogP contribution in [0.2, 0.25) is 0 Å². The number of nitro benzene ring substituents is 1. The molecule has 1 heterocycles. The van der Waals surface area contributed by atoms with E-state index < -0.39 is 4.92 Å². The lowest BCUT2D eigenvalue weighted by molar-refractivity contribution is -0.384. The molecule has 0 saturated carbocycles. The average Bonchev–Trinajstić information content (AvgIpc) is 2.88. The van der Waals surface area contributed by atoms with Crippen LogP contribution in [0.5, 0.6) is 0 Å². The number of anilines is 2. The van der Waals surface area contributed by atoms with Crippen LogP contribution in [-0.2, 0) is 9.53 Å². The van der Waals surface area contributed by atoms with Gasteiger partial charge in [-0.3, -0.25) is 19.7 Å². The van der Waals surface area contributed by atoms with Crippen molar-refractivity contribution in [2.75, 3.05) is 43.1 Å². The van der Waals surface area contributed by atoms with E-state index in [1.807, 2.05) is 13.0 Å². The molecule has 1 aliphatic rings. The van der Waals surface area contributed by atoms with Gasteiger partial charge in [-0.1, -0.05) is 6.92 Å². The Morgan fingerprint density at radius 1 is 1.17 bits per heavy atom. The number of carbonyl (C=O) groups excluding carboxylic acids is 2. The zero-order valence-corrected chi connectivity index (χ0v) is 20.9. The molecular weight excluding hydrogens is 460 g/mol. The zero-order valence-electron chi connectivity index (χ0n) is 20.9. The summed E-state index contributed by atoms with van der Waals surface area (Å²) in [5, 5.41) is 16.6. The van der Waals surface area contributed by atoms with Crippen LogP contribution < -0.4 is 15.5 Å². The molecule has 9 heteroatoms. The Morgan fingerprint density at radius 3 is 2.56 bits per heavy atom. The van der Waals surface area contributed by atoms with Crippen molar-refractivity contribution in [3.63, 3.8) is 0 Å². The van der Waals surface area contributed by atoms with E-state index in [-0.39, 0.29) is 17.5 Å². The van der Waals surface area contributed by atoms with Gasteiger partial charge in [-0.05, 0) is 74.1 Å². The van der Waals surface area contributed by atoms with E-state index in [2.05, 4.69) is 22.5 Å². The number of benzene rings is 2. The summed E-state index contributed by atoms with van der Waals surface area (Å²) in [5.41, 5.74) is 2.56. The second kappa shape index (κ2) is 13.4. The van der Waals surface area contributed by atoms with Crippen molar-refractivity contribution in [3.8, 4) is 0 Å². The SMILES string of the molecule is CCOCCCNC(=O)c1cc(NC(=O)/C=C/c2ccc([N+](=O)[O-])cc2)ccc1N1CCC(C)CC1. The standard InChI is InChI=1S/C27H34N4O5/c1-3-36-18-4-15-28-27(33)24-19-22(8-11-25(24)30-16-13-20(2)14-17-30)29-26(32)12-7-21-5-9-23(10-6-21)31(34)35/h5-12,19-20H,3-4,13-18H2,1-2H3,(H,28,33)(H,29,32)/b12-7+. The van der Waals surface area contributed by atoms with Gasteiger partial charge in [0, 0.05) is 62.4 Å². The third-order valence-corrected chi connectivity index (χ3v) is 6.12. The maximum Gasteiger partial charge on any atom is 0.269 e. The highest BCUT2D eigenvalue weighted by Crippen LogP contribution is 2.29. The van der Waals surface area contributed by atoms with E-state index in [0.717, 1.165) is 38.0 Å². The zero-order chi connectivity index (χ0) is 25.9. The van der Waals surface area contributed by atoms with Gasteiger partial charge in [0.1, 0.15) is 0 Å². The van der Waals surface area contributed by atoms with Crippen LogP contribution in [0, 0.1) is 16.0 Å². The Kier molecular flexibility index (Phi) is 10.00. The fraction of sp³-hybridized carbons (Fsp3) is 0.407. The molecule has 2 aromatic rings. The first-order valence-corrected chi connectivity index (χ1v) is 12.4. The summed E-state index contributed by atoms with van der Waals surface area (Å²) >= 11 is 0. The van der Waals surface area contributed by atoms with Crippen molar-refractivity contribution in [1.29, 1.82) is 0 Å². The van der Waals surface area contributed by atoms with Crippen molar-refractivity contribution in [3.05, 3.63) is 69.8 Å². The largest absolute Gasteiger partial charge is 0.382 e. The van der Waals surface area contributed by atoms with Gasteiger partial charge in [0.05, 0.1) is 10.5 Å². The fourth-order valence-electron chi connectivity index (χ4n) is 4.00. The van der Waals surface area contributed by atoms with Gasteiger partial charge in [-0.25, -0.2) is 0 Å². The van der Waals surface area contributed by atoms with Crippen molar-refractivity contribution >= 4 is 35.0 Å². The van der Waals surface area contributed by atoms with Crippen LogP contribution in [0.3, 0.4) is 0 Å². The highest BCUT2D eigenvalue weighted by Gasteiger charge is 2.21. The summed E-state index contributed by atoms with van der Waals surface area (Å²) in [5.74, 6) is 0.117. The molecule has 1 fully saturated rings. The minimum absolute atomic E-state index is 0.0106. The summed E-state index contributed by atoms with van der Waals surface area (Å²) < 4.78 is 5.34. The number of rotatable bonds is 11. The number of carbonyl (C=O) groups is 2. The molecule has 2 amide bonds. The second-order valence-corrected chi connectivity index (χ2v) is 8.88. The highest BCUT2D eigenvalue weighted by molar-refractivity contribution is 6.05. The van der Waals surface area contributed by atoms with Crippen LogP contribution in [0.15, 0.2) is 48.5 Å². The first-order chi connectivity index (χ1) is 17.4. The van der Waals surface area contributed by atoms with Crippen molar-refractivity contribution in [2.24, 2.45) is 5.92 Å². The number of nitrogens with zero attached hydrogens (tertiary/aromatic N) is 2. The number of hydrogen-bond donors (Lipinski definition) is 2. The molecule has 0 unspecified atom stereocenters. The van der Waals surface area contributed by atoms with E-state index in [1.54, 1.807) is 30.3 Å². The van der Waals surface area contributed by atoms with Crippen LogP contribution in [0.4, 0.5) is 17.1 Å². The molecule has 36 heavy (non-hydrogen) atoms. The molecular formula is C27H34N4O5. The topological polar surface area (TPSA) is 114 Å². The number of hydrogen-bond acceptors (Lipinski definition) is 6. The predicted octanol–water partition coefficient (Wildman–Crippen LogP) is 4.64. The average molecular weight is 495 g/mol. The number of ether oxygens (including phenoxy) is 1. The molecule has 192 valence electrons. The number of amides is 2. The van der Waals surface area contributed by atoms with E-state index in [4.69, 9.17) is 4.74 Å². The lowest BCUT2D eigenvalue weighted by Gasteiger charge is -2.33. The summed E-state index contributed by atoms with van der Waals surface area (Å²) in [7, 11) is 0. The Morgan fingerprint density at radius 2 is 1.89 bits per heavy atom. The van der Waals surface area contributed by atoms with Crippen LogP contribution in [0.25, 0.3) is 6.08 Å². The minimum Gasteiger partial charge on any atom is -0.382 e. The summed E-state index contributed by atoms with van der Waals surface area (Å²) in [6, 6.07) is 11.3. The van der Waals surface area contributed by atoms with Crippen LogP contribution >= 0.6 is 0 Å². The van der Waals surface area contributed by atoms with Gasteiger partial charge in [-0.2, -0.15) is 0 Å². The molecule has 1 saturated heterocycles. The number of nitro groups is 1. The molecule has 0 aromatic heterocycles. The van der Waals surface area contributed by atoms with Crippen molar-refractivity contribution < 1.29 is 19.2 Å². The van der Waals surface area contributed by atoms with Crippen LogP contribution in [0.1, 0.15) is 49.0 Å².